The topological polar surface area (TPSA) is 56.3 Å². The van der Waals surface area contributed by atoms with E-state index in [0.29, 0.717) is 0 Å². The number of hydrogen-bond acceptors (Lipinski definition) is 5. The van der Waals surface area contributed by atoms with Crippen LogP contribution in [-0.4, -0.2) is 18.9 Å². The molecule has 0 amide bonds. The summed E-state index contributed by atoms with van der Waals surface area (Å²) >= 11 is 0.915. The van der Waals surface area contributed by atoms with Gasteiger partial charge < -0.3 is 4.18 Å². The third-order valence-electron chi connectivity index (χ3n) is 1.15. The largest absolute Gasteiger partial charge is 0.534 e. The Morgan fingerprint density at radius 3 is 2.53 bits per heavy atom. The summed E-state index contributed by atoms with van der Waals surface area (Å²) in [5.74, 6) is -0.618. The maximum atomic E-state index is 11.9. The Hall–Kier alpha value is -1.09. The molecule has 4 nitrogen and oxygen atoms in total. The first kappa shape index (κ1) is 12.0. The zero-order chi connectivity index (χ0) is 11.7. The molecule has 0 aliphatic rings. The van der Waals surface area contributed by atoms with Gasteiger partial charge in [-0.1, -0.05) is 6.58 Å². The lowest BCUT2D eigenvalue weighted by Gasteiger charge is -2.06. The van der Waals surface area contributed by atoms with E-state index in [1.54, 1.807) is 0 Å². The first-order valence-corrected chi connectivity index (χ1v) is 5.64. The van der Waals surface area contributed by atoms with Crippen molar-refractivity contribution in [3.05, 3.63) is 17.0 Å². The number of rotatable bonds is 3. The van der Waals surface area contributed by atoms with E-state index < -0.39 is 21.5 Å². The van der Waals surface area contributed by atoms with Gasteiger partial charge in [-0.15, -0.1) is 11.3 Å². The van der Waals surface area contributed by atoms with Gasteiger partial charge in [0.05, 0.1) is 5.38 Å². The van der Waals surface area contributed by atoms with Gasteiger partial charge in [-0.3, -0.25) is 0 Å². The monoisotopic (exact) mass is 259 g/mol. The highest BCUT2D eigenvalue weighted by Crippen LogP contribution is 2.27. The molecule has 1 heterocycles. The average molecular weight is 259 g/mol. The van der Waals surface area contributed by atoms with Crippen LogP contribution in [0.1, 0.15) is 5.01 Å². The predicted molar refractivity (Wildman–Crippen MR) is 47.8 cm³/mol. The van der Waals surface area contributed by atoms with Gasteiger partial charge in [-0.05, 0) is 6.08 Å². The Morgan fingerprint density at radius 2 is 2.13 bits per heavy atom. The van der Waals surface area contributed by atoms with Crippen molar-refractivity contribution in [1.82, 2.24) is 4.98 Å². The van der Waals surface area contributed by atoms with Crippen molar-refractivity contribution >= 4 is 27.5 Å². The third-order valence-corrected chi connectivity index (χ3v) is 2.93. The SMILES string of the molecule is C=Cc1nc(OS(=O)(=O)C(F)(F)F)cs1. The number of thiazole rings is 1. The summed E-state index contributed by atoms with van der Waals surface area (Å²) in [7, 11) is -5.64. The van der Waals surface area contributed by atoms with Crippen LogP contribution in [0.5, 0.6) is 5.88 Å². The van der Waals surface area contributed by atoms with Crippen LogP contribution in [0.25, 0.3) is 6.08 Å². The summed E-state index contributed by atoms with van der Waals surface area (Å²) < 4.78 is 60.3. The highest BCUT2D eigenvalue weighted by molar-refractivity contribution is 7.88. The molecule has 0 radical (unpaired) electrons. The minimum atomic E-state index is -5.64. The Labute approximate surface area is 87.1 Å². The molecule has 0 spiro atoms. The second kappa shape index (κ2) is 3.81. The fourth-order valence-electron chi connectivity index (χ4n) is 0.564. The van der Waals surface area contributed by atoms with Crippen LogP contribution in [0.15, 0.2) is 12.0 Å². The Bertz CT molecular complexity index is 462. The van der Waals surface area contributed by atoms with Crippen molar-refractivity contribution in [2.45, 2.75) is 5.51 Å². The molecule has 0 saturated carbocycles. The van der Waals surface area contributed by atoms with Crippen LogP contribution in [0, 0.1) is 0 Å². The van der Waals surface area contributed by atoms with Gasteiger partial charge in [0.25, 0.3) is 0 Å². The molecular weight excluding hydrogens is 255 g/mol. The molecule has 0 aromatic carbocycles. The molecule has 9 heteroatoms. The average Bonchev–Trinajstić information content (AvgIpc) is 2.49. The van der Waals surface area contributed by atoms with E-state index in [1.165, 1.54) is 6.08 Å². The first-order valence-electron chi connectivity index (χ1n) is 3.35. The molecule has 0 atom stereocenters. The zero-order valence-electron chi connectivity index (χ0n) is 6.98. The fraction of sp³-hybridized carbons (Fsp3) is 0.167. The van der Waals surface area contributed by atoms with Crippen LogP contribution in [0.3, 0.4) is 0 Å². The second-order valence-corrected chi connectivity index (χ2v) is 4.64. The van der Waals surface area contributed by atoms with Gasteiger partial charge in [0.15, 0.2) is 0 Å². The number of nitrogens with zero attached hydrogens (tertiary/aromatic N) is 1. The van der Waals surface area contributed by atoms with Crippen LogP contribution >= 0.6 is 11.3 Å². The fourth-order valence-corrected chi connectivity index (χ4v) is 1.59. The summed E-state index contributed by atoms with van der Waals surface area (Å²) in [6.45, 7) is 3.31. The second-order valence-electron chi connectivity index (χ2n) is 2.21. The number of aromatic nitrogens is 1. The highest BCUT2D eigenvalue weighted by Gasteiger charge is 2.48. The smallest absolute Gasteiger partial charge is 0.354 e. The van der Waals surface area contributed by atoms with Crippen LogP contribution in [0.2, 0.25) is 0 Å². The van der Waals surface area contributed by atoms with E-state index in [1.807, 2.05) is 0 Å². The zero-order valence-corrected chi connectivity index (χ0v) is 8.62. The molecule has 1 aromatic heterocycles. The van der Waals surface area contributed by atoms with Gasteiger partial charge in [-0.25, -0.2) is 4.98 Å². The molecule has 1 aromatic rings. The van der Waals surface area contributed by atoms with Crippen LogP contribution < -0.4 is 4.18 Å². The van der Waals surface area contributed by atoms with E-state index in [-0.39, 0.29) is 5.01 Å². The quantitative estimate of drug-likeness (QED) is 0.615. The van der Waals surface area contributed by atoms with Gasteiger partial charge >= 0.3 is 15.6 Å². The lowest BCUT2D eigenvalue weighted by Crippen LogP contribution is -2.28. The molecule has 0 aliphatic carbocycles. The van der Waals surface area contributed by atoms with E-state index >= 15 is 0 Å². The van der Waals surface area contributed by atoms with Crippen LogP contribution in [0.4, 0.5) is 13.2 Å². The molecule has 0 N–H and O–H groups in total. The Morgan fingerprint density at radius 1 is 1.53 bits per heavy atom. The summed E-state index contributed by atoms with van der Waals surface area (Å²) in [6.07, 6.45) is 1.26. The Balaban J connectivity index is 2.92. The van der Waals surface area contributed by atoms with Gasteiger partial charge in [-0.2, -0.15) is 21.6 Å². The van der Waals surface area contributed by atoms with E-state index in [2.05, 4.69) is 15.7 Å². The highest BCUT2D eigenvalue weighted by atomic mass is 32.2. The first-order chi connectivity index (χ1) is 6.76. The van der Waals surface area contributed by atoms with Crippen molar-refractivity contribution in [3.8, 4) is 5.88 Å². The van der Waals surface area contributed by atoms with E-state index in [9.17, 15) is 21.6 Å². The molecule has 1 rings (SSSR count). The van der Waals surface area contributed by atoms with Crippen molar-refractivity contribution in [2.24, 2.45) is 0 Å². The molecule has 0 unspecified atom stereocenters. The molecule has 0 bridgehead atoms. The third kappa shape index (κ3) is 2.69. The lowest BCUT2D eigenvalue weighted by atomic mass is 10.7. The molecule has 0 aliphatic heterocycles. The maximum Gasteiger partial charge on any atom is 0.534 e. The summed E-state index contributed by atoms with van der Waals surface area (Å²) in [4.78, 5) is 3.43. The predicted octanol–water partition coefficient (Wildman–Crippen LogP) is 2.01. The van der Waals surface area contributed by atoms with E-state index in [4.69, 9.17) is 0 Å². The van der Waals surface area contributed by atoms with Crippen molar-refractivity contribution in [3.63, 3.8) is 0 Å². The van der Waals surface area contributed by atoms with Crippen LogP contribution in [-0.2, 0) is 10.1 Å². The molecule has 0 saturated heterocycles. The van der Waals surface area contributed by atoms with Crippen molar-refractivity contribution < 1.29 is 25.8 Å². The standard InChI is InChI=1S/C6H4F3NO3S2/c1-2-5-10-4(3-14-5)13-15(11,12)6(7,8)9/h2-3H,1H2. The summed E-state index contributed by atoms with van der Waals surface area (Å²) in [5.41, 5.74) is -5.45. The maximum absolute atomic E-state index is 11.9. The molecular formula is C6H4F3NO3S2. The van der Waals surface area contributed by atoms with Gasteiger partial charge in [0.2, 0.25) is 5.88 Å². The number of halogens is 3. The molecule has 84 valence electrons. The van der Waals surface area contributed by atoms with Crippen molar-refractivity contribution in [1.29, 1.82) is 0 Å². The Kier molecular flexibility index (Phi) is 3.05. The van der Waals surface area contributed by atoms with E-state index in [0.717, 1.165) is 16.7 Å². The summed E-state index contributed by atoms with van der Waals surface area (Å²) in [6, 6.07) is 0. The molecule has 15 heavy (non-hydrogen) atoms. The van der Waals surface area contributed by atoms with Crippen molar-refractivity contribution in [2.75, 3.05) is 0 Å². The molecule has 0 fully saturated rings. The van der Waals surface area contributed by atoms with Gasteiger partial charge in [0, 0.05) is 0 Å². The lowest BCUT2D eigenvalue weighted by molar-refractivity contribution is -0.0501. The minimum Gasteiger partial charge on any atom is -0.354 e. The number of hydrogen-bond donors (Lipinski definition) is 0. The van der Waals surface area contributed by atoms with Gasteiger partial charge in [0.1, 0.15) is 5.01 Å². The minimum absolute atomic E-state index is 0.266. The number of alkyl halides is 3. The summed E-state index contributed by atoms with van der Waals surface area (Å²) in [5, 5.41) is 1.31. The normalized spacial score (nSPS) is 12.5.